The molecule has 4 rings (SSSR count). The summed E-state index contributed by atoms with van der Waals surface area (Å²) in [5.41, 5.74) is 1.68. The molecule has 7 nitrogen and oxygen atoms in total. The van der Waals surface area contributed by atoms with Gasteiger partial charge in [-0.1, -0.05) is 23.2 Å². The third-order valence-corrected chi connectivity index (χ3v) is 5.54. The molecule has 9 heteroatoms. The first-order valence-corrected chi connectivity index (χ1v) is 9.61. The Balaban J connectivity index is 1.98. The van der Waals surface area contributed by atoms with E-state index in [-0.39, 0.29) is 11.2 Å². The summed E-state index contributed by atoms with van der Waals surface area (Å²) in [6, 6.07) is 9.63. The molecule has 2 aromatic heterocycles. The zero-order chi connectivity index (χ0) is 21.6. The van der Waals surface area contributed by atoms with Crippen LogP contribution in [0.15, 0.2) is 53.6 Å². The number of halogens is 2. The number of aromatic amines is 1. The minimum atomic E-state index is -0.446. The maximum Gasteiger partial charge on any atom is 0.274 e. The standard InChI is InChI=1S/C21H15Cl2N3O4/c1-11-7-19(30-12-3-4-16(22)17(23)8-12)14(9-18(11)26(28)29)15-10-25(2)21(27)20-13(15)5-6-24-20/h3-10,24H,1-2H3. The van der Waals surface area contributed by atoms with Crippen molar-refractivity contribution in [2.75, 3.05) is 0 Å². The number of ether oxygens (including phenoxy) is 1. The number of H-pyrrole nitrogens is 1. The molecule has 0 amide bonds. The number of rotatable bonds is 4. The largest absolute Gasteiger partial charge is 0.457 e. The van der Waals surface area contributed by atoms with Gasteiger partial charge in [0.05, 0.1) is 15.0 Å². The van der Waals surface area contributed by atoms with E-state index < -0.39 is 4.92 Å². The Morgan fingerprint density at radius 3 is 2.57 bits per heavy atom. The van der Waals surface area contributed by atoms with Crippen molar-refractivity contribution in [3.05, 3.63) is 84.9 Å². The molecule has 2 heterocycles. The Kier molecular flexibility index (Phi) is 5.01. The van der Waals surface area contributed by atoms with E-state index in [0.29, 0.717) is 49.1 Å². The van der Waals surface area contributed by atoms with Crippen molar-refractivity contribution in [2.45, 2.75) is 6.92 Å². The Hall–Kier alpha value is -3.29. The second-order valence-corrected chi connectivity index (χ2v) is 7.61. The van der Waals surface area contributed by atoms with Gasteiger partial charge in [-0.25, -0.2) is 0 Å². The molecule has 4 aromatic rings. The van der Waals surface area contributed by atoms with Crippen molar-refractivity contribution < 1.29 is 9.66 Å². The first-order valence-electron chi connectivity index (χ1n) is 8.85. The summed E-state index contributed by atoms with van der Waals surface area (Å²) in [7, 11) is 1.62. The average molecular weight is 444 g/mol. The molecule has 0 aliphatic heterocycles. The normalized spacial score (nSPS) is 11.1. The van der Waals surface area contributed by atoms with Crippen LogP contribution in [0.2, 0.25) is 10.0 Å². The van der Waals surface area contributed by atoms with Crippen LogP contribution >= 0.6 is 23.2 Å². The highest BCUT2D eigenvalue weighted by atomic mass is 35.5. The molecule has 152 valence electrons. The maximum absolute atomic E-state index is 12.4. The molecule has 0 saturated carbocycles. The second-order valence-electron chi connectivity index (χ2n) is 6.80. The molecule has 30 heavy (non-hydrogen) atoms. The molecule has 0 bridgehead atoms. The van der Waals surface area contributed by atoms with Crippen molar-refractivity contribution in [1.82, 2.24) is 9.55 Å². The first-order chi connectivity index (χ1) is 14.3. The predicted molar refractivity (Wildman–Crippen MR) is 117 cm³/mol. The summed E-state index contributed by atoms with van der Waals surface area (Å²) in [6.45, 7) is 1.64. The molecule has 0 radical (unpaired) electrons. The SMILES string of the molecule is Cc1cc(Oc2ccc(Cl)c(Cl)c2)c(-c2cn(C)c(=O)c3[nH]ccc23)cc1[N+](=O)[O-]. The highest BCUT2D eigenvalue weighted by Gasteiger charge is 2.21. The topological polar surface area (TPSA) is 90.2 Å². The van der Waals surface area contributed by atoms with Crippen molar-refractivity contribution >= 4 is 39.8 Å². The van der Waals surface area contributed by atoms with E-state index >= 15 is 0 Å². The van der Waals surface area contributed by atoms with Crippen LogP contribution in [0.3, 0.4) is 0 Å². The van der Waals surface area contributed by atoms with Crippen LogP contribution < -0.4 is 10.3 Å². The van der Waals surface area contributed by atoms with Gasteiger partial charge in [0, 0.05) is 53.7 Å². The van der Waals surface area contributed by atoms with Gasteiger partial charge in [-0.15, -0.1) is 0 Å². The van der Waals surface area contributed by atoms with Crippen LogP contribution in [-0.2, 0) is 7.05 Å². The van der Waals surface area contributed by atoms with Crippen molar-refractivity contribution in [2.24, 2.45) is 7.05 Å². The quantitative estimate of drug-likeness (QED) is 0.316. The van der Waals surface area contributed by atoms with Crippen LogP contribution in [0.1, 0.15) is 5.56 Å². The van der Waals surface area contributed by atoms with Gasteiger partial charge in [-0.2, -0.15) is 0 Å². The number of hydrogen-bond acceptors (Lipinski definition) is 4. The highest BCUT2D eigenvalue weighted by Crippen LogP contribution is 2.41. The fourth-order valence-electron chi connectivity index (χ4n) is 3.31. The number of nitro benzene ring substituents is 1. The van der Waals surface area contributed by atoms with Gasteiger partial charge < -0.3 is 14.3 Å². The van der Waals surface area contributed by atoms with E-state index in [0.717, 1.165) is 0 Å². The Morgan fingerprint density at radius 1 is 1.10 bits per heavy atom. The number of hydrogen-bond donors (Lipinski definition) is 1. The zero-order valence-electron chi connectivity index (χ0n) is 15.9. The minimum Gasteiger partial charge on any atom is -0.457 e. The summed E-state index contributed by atoms with van der Waals surface area (Å²) >= 11 is 12.1. The van der Waals surface area contributed by atoms with Crippen molar-refractivity contribution in [3.8, 4) is 22.6 Å². The van der Waals surface area contributed by atoms with Crippen LogP contribution in [0.25, 0.3) is 22.0 Å². The number of pyridine rings is 1. The zero-order valence-corrected chi connectivity index (χ0v) is 17.4. The van der Waals surface area contributed by atoms with Crippen LogP contribution in [-0.4, -0.2) is 14.5 Å². The summed E-state index contributed by atoms with van der Waals surface area (Å²) in [6.07, 6.45) is 3.28. The monoisotopic (exact) mass is 443 g/mol. The summed E-state index contributed by atoms with van der Waals surface area (Å²) < 4.78 is 7.47. The molecule has 0 fully saturated rings. The van der Waals surface area contributed by atoms with Crippen LogP contribution in [0.5, 0.6) is 11.5 Å². The van der Waals surface area contributed by atoms with E-state index in [1.165, 1.54) is 10.6 Å². The fraction of sp³-hybridized carbons (Fsp3) is 0.0952. The van der Waals surface area contributed by atoms with Crippen molar-refractivity contribution in [3.63, 3.8) is 0 Å². The predicted octanol–water partition coefficient (Wildman–Crippen LogP) is 5.85. The average Bonchev–Trinajstić information content (AvgIpc) is 3.18. The summed E-state index contributed by atoms with van der Waals surface area (Å²) in [5, 5.41) is 12.9. The molecule has 0 atom stereocenters. The van der Waals surface area contributed by atoms with E-state index in [9.17, 15) is 14.9 Å². The Morgan fingerprint density at radius 2 is 1.87 bits per heavy atom. The molecule has 0 spiro atoms. The van der Waals surface area contributed by atoms with Gasteiger partial charge in [0.25, 0.3) is 11.2 Å². The third kappa shape index (κ3) is 3.42. The van der Waals surface area contributed by atoms with E-state index in [2.05, 4.69) is 4.98 Å². The number of nitrogens with zero attached hydrogens (tertiary/aromatic N) is 2. The lowest BCUT2D eigenvalue weighted by Gasteiger charge is -2.15. The number of nitrogens with one attached hydrogen (secondary N) is 1. The number of fused-ring (bicyclic) bond motifs is 1. The van der Waals surface area contributed by atoms with Crippen molar-refractivity contribution in [1.29, 1.82) is 0 Å². The summed E-state index contributed by atoms with van der Waals surface area (Å²) in [5.74, 6) is 0.812. The Bertz CT molecular complexity index is 1370. The maximum atomic E-state index is 12.4. The number of benzene rings is 2. The molecule has 0 saturated heterocycles. The fourth-order valence-corrected chi connectivity index (χ4v) is 3.60. The lowest BCUT2D eigenvalue weighted by atomic mass is 10.00. The lowest BCUT2D eigenvalue weighted by molar-refractivity contribution is -0.385. The van der Waals surface area contributed by atoms with E-state index in [4.69, 9.17) is 27.9 Å². The van der Waals surface area contributed by atoms with E-state index in [1.54, 1.807) is 56.7 Å². The highest BCUT2D eigenvalue weighted by molar-refractivity contribution is 6.42. The van der Waals surface area contributed by atoms with Gasteiger partial charge in [0.15, 0.2) is 0 Å². The van der Waals surface area contributed by atoms with Gasteiger partial charge in [0.2, 0.25) is 0 Å². The van der Waals surface area contributed by atoms with E-state index in [1.807, 2.05) is 0 Å². The lowest BCUT2D eigenvalue weighted by Crippen LogP contribution is -2.16. The number of nitro groups is 1. The molecule has 2 aromatic carbocycles. The van der Waals surface area contributed by atoms with Gasteiger partial charge >= 0.3 is 0 Å². The van der Waals surface area contributed by atoms with Crippen LogP contribution in [0.4, 0.5) is 5.69 Å². The summed E-state index contributed by atoms with van der Waals surface area (Å²) in [4.78, 5) is 26.5. The minimum absolute atomic E-state index is 0.0518. The smallest absolute Gasteiger partial charge is 0.274 e. The molecule has 0 aliphatic carbocycles. The molecular weight excluding hydrogens is 429 g/mol. The van der Waals surface area contributed by atoms with Gasteiger partial charge in [0.1, 0.15) is 17.0 Å². The molecule has 1 N–H and O–H groups in total. The number of aromatic nitrogens is 2. The second kappa shape index (κ2) is 7.51. The first kappa shape index (κ1) is 20.0. The molecular formula is C21H15Cl2N3O4. The van der Waals surface area contributed by atoms with Crippen LogP contribution in [0, 0.1) is 17.0 Å². The third-order valence-electron chi connectivity index (χ3n) is 4.80. The Labute approximate surface area is 180 Å². The number of aryl methyl sites for hydroxylation is 2. The molecule has 0 unspecified atom stereocenters. The van der Waals surface area contributed by atoms with Gasteiger partial charge in [-0.05, 0) is 31.2 Å². The molecule has 0 aliphatic rings. The van der Waals surface area contributed by atoms with Gasteiger partial charge in [-0.3, -0.25) is 14.9 Å².